The molecule has 0 radical (unpaired) electrons. The largest absolute Gasteiger partial charge is 0.294 e. The summed E-state index contributed by atoms with van der Waals surface area (Å²) in [7, 11) is 0. The van der Waals surface area contributed by atoms with Crippen LogP contribution < -0.4 is 0 Å². The molecule has 0 fully saturated rings. The van der Waals surface area contributed by atoms with Crippen LogP contribution in [0.5, 0.6) is 0 Å². The van der Waals surface area contributed by atoms with E-state index in [-0.39, 0.29) is 11.7 Å². The van der Waals surface area contributed by atoms with Crippen molar-refractivity contribution in [1.82, 2.24) is 9.78 Å². The number of hydrogen-bond donors (Lipinski definition) is 0. The van der Waals surface area contributed by atoms with E-state index in [1.54, 1.807) is 0 Å². The first-order chi connectivity index (χ1) is 5.70. The number of Topliss-reactive ketones (excluding diaryl/α,β-unsaturated/α-hetero) is 1. The molecule has 0 spiro atoms. The second-order valence-corrected chi connectivity index (χ2v) is 2.87. The zero-order valence-corrected chi connectivity index (χ0v) is 6.70. The van der Waals surface area contributed by atoms with E-state index in [2.05, 4.69) is 5.10 Å². The Balaban J connectivity index is 2.56. The molecule has 62 valence electrons. The van der Waals surface area contributed by atoms with Crippen molar-refractivity contribution in [3.63, 3.8) is 0 Å². The fourth-order valence-corrected chi connectivity index (χ4v) is 1.45. The maximum atomic E-state index is 11.1. The van der Waals surface area contributed by atoms with E-state index >= 15 is 0 Å². The van der Waals surface area contributed by atoms with Gasteiger partial charge in [0.25, 0.3) is 0 Å². The van der Waals surface area contributed by atoms with Gasteiger partial charge in [0.05, 0.1) is 17.5 Å². The van der Waals surface area contributed by atoms with Crippen LogP contribution in [0, 0.1) is 0 Å². The molecule has 0 aromatic carbocycles. The van der Waals surface area contributed by atoms with Gasteiger partial charge in [0.2, 0.25) is 5.91 Å². The van der Waals surface area contributed by atoms with Gasteiger partial charge in [-0.3, -0.25) is 9.59 Å². The smallest absolute Gasteiger partial charge is 0.247 e. The molecular weight excluding hydrogens is 156 g/mol. The Morgan fingerprint density at radius 3 is 3.00 bits per heavy atom. The molecule has 1 aliphatic heterocycles. The van der Waals surface area contributed by atoms with E-state index < -0.39 is 0 Å². The van der Waals surface area contributed by atoms with E-state index in [1.807, 2.05) is 0 Å². The average Bonchev–Trinajstić information content (AvgIpc) is 2.53. The van der Waals surface area contributed by atoms with Gasteiger partial charge in [-0.1, -0.05) is 0 Å². The molecule has 0 saturated carbocycles. The lowest BCUT2D eigenvalue weighted by Crippen LogP contribution is -2.05. The van der Waals surface area contributed by atoms with Gasteiger partial charge in [0.1, 0.15) is 0 Å². The van der Waals surface area contributed by atoms with Crippen LogP contribution in [-0.2, 0) is 6.42 Å². The molecule has 0 atom stereocenters. The molecule has 0 saturated heterocycles. The van der Waals surface area contributed by atoms with Crippen molar-refractivity contribution in [3.8, 4) is 0 Å². The number of carbonyl (C=O) groups is 2. The maximum absolute atomic E-state index is 11.1. The lowest BCUT2D eigenvalue weighted by molar-refractivity contribution is 0.0909. The van der Waals surface area contributed by atoms with Gasteiger partial charge in [0, 0.05) is 6.42 Å². The van der Waals surface area contributed by atoms with Crippen LogP contribution in [0.1, 0.15) is 34.2 Å². The molecular formula is C8H8N2O2. The van der Waals surface area contributed by atoms with Crippen molar-refractivity contribution in [1.29, 1.82) is 0 Å². The third-order valence-corrected chi connectivity index (χ3v) is 2.06. The van der Waals surface area contributed by atoms with Crippen LogP contribution in [-0.4, -0.2) is 21.5 Å². The first-order valence-electron chi connectivity index (χ1n) is 3.81. The molecule has 1 aromatic rings. The molecule has 1 aliphatic rings. The van der Waals surface area contributed by atoms with Crippen molar-refractivity contribution in [3.05, 3.63) is 17.5 Å². The number of aromatic nitrogens is 2. The van der Waals surface area contributed by atoms with Crippen LogP contribution in [0.15, 0.2) is 6.20 Å². The van der Waals surface area contributed by atoms with Gasteiger partial charge in [0.15, 0.2) is 5.78 Å². The summed E-state index contributed by atoms with van der Waals surface area (Å²) in [6.45, 7) is 1.49. The zero-order chi connectivity index (χ0) is 8.72. The minimum absolute atomic E-state index is 0.0162. The van der Waals surface area contributed by atoms with E-state index in [0.29, 0.717) is 18.4 Å². The Morgan fingerprint density at radius 2 is 2.33 bits per heavy atom. The normalized spacial score (nSPS) is 14.9. The van der Waals surface area contributed by atoms with E-state index in [1.165, 1.54) is 17.8 Å². The van der Waals surface area contributed by atoms with Crippen molar-refractivity contribution in [2.45, 2.75) is 19.8 Å². The highest BCUT2D eigenvalue weighted by atomic mass is 16.2. The first-order valence-corrected chi connectivity index (χ1v) is 3.81. The molecule has 4 nitrogen and oxygen atoms in total. The third kappa shape index (κ3) is 0.809. The summed E-state index contributed by atoms with van der Waals surface area (Å²) in [5, 5.41) is 3.85. The van der Waals surface area contributed by atoms with Crippen molar-refractivity contribution in [2.75, 3.05) is 0 Å². The summed E-state index contributed by atoms with van der Waals surface area (Å²) in [4.78, 5) is 22.1. The van der Waals surface area contributed by atoms with Gasteiger partial charge in [-0.2, -0.15) is 5.10 Å². The van der Waals surface area contributed by atoms with Crippen LogP contribution in [0.3, 0.4) is 0 Å². The first kappa shape index (κ1) is 7.21. The van der Waals surface area contributed by atoms with Crippen molar-refractivity contribution < 1.29 is 9.59 Å². The van der Waals surface area contributed by atoms with Crippen LogP contribution in [0.4, 0.5) is 0 Å². The summed E-state index contributed by atoms with van der Waals surface area (Å²) in [5.41, 5.74) is 1.35. The van der Waals surface area contributed by atoms with Gasteiger partial charge in [-0.15, -0.1) is 0 Å². The zero-order valence-electron chi connectivity index (χ0n) is 6.70. The number of fused-ring (bicyclic) bond motifs is 1. The quantitative estimate of drug-likeness (QED) is 0.573. The summed E-state index contributed by atoms with van der Waals surface area (Å²) < 4.78 is 1.33. The summed E-state index contributed by atoms with van der Waals surface area (Å²) >= 11 is 0. The number of nitrogens with zero attached hydrogens (tertiary/aromatic N) is 2. The van der Waals surface area contributed by atoms with Gasteiger partial charge >= 0.3 is 0 Å². The minimum Gasteiger partial charge on any atom is -0.294 e. The molecule has 0 bridgehead atoms. The molecule has 0 unspecified atom stereocenters. The Morgan fingerprint density at radius 1 is 1.58 bits per heavy atom. The molecule has 2 rings (SSSR count). The molecule has 4 heteroatoms. The highest BCUT2D eigenvalue weighted by Gasteiger charge is 2.24. The summed E-state index contributed by atoms with van der Waals surface area (Å²) in [6.07, 6.45) is 2.59. The predicted octanol–water partition coefficient (Wildman–Crippen LogP) is 0.672. The Kier molecular flexibility index (Phi) is 1.36. The second-order valence-electron chi connectivity index (χ2n) is 2.87. The summed E-state index contributed by atoms with van der Waals surface area (Å²) in [6, 6.07) is 0. The Hall–Kier alpha value is -1.45. The third-order valence-electron chi connectivity index (χ3n) is 2.06. The molecule has 2 heterocycles. The number of hydrogen-bond acceptors (Lipinski definition) is 3. The van der Waals surface area contributed by atoms with Gasteiger partial charge < -0.3 is 0 Å². The second kappa shape index (κ2) is 2.27. The number of ketones is 1. The molecule has 1 aromatic heterocycles. The fourth-order valence-electron chi connectivity index (χ4n) is 1.45. The Labute approximate surface area is 69.2 Å². The van der Waals surface area contributed by atoms with Gasteiger partial charge in [-0.05, 0) is 13.3 Å². The predicted molar refractivity (Wildman–Crippen MR) is 41.2 cm³/mol. The number of carbonyl (C=O) groups excluding carboxylic acids is 2. The molecule has 12 heavy (non-hydrogen) atoms. The lowest BCUT2D eigenvalue weighted by Gasteiger charge is -1.91. The van der Waals surface area contributed by atoms with E-state index in [4.69, 9.17) is 0 Å². The monoisotopic (exact) mass is 164 g/mol. The minimum atomic E-state index is -0.0223. The summed E-state index contributed by atoms with van der Waals surface area (Å²) in [5.74, 6) is -0.0385. The number of rotatable bonds is 1. The fraction of sp³-hybridized carbons (Fsp3) is 0.375. The average molecular weight is 164 g/mol. The van der Waals surface area contributed by atoms with Crippen molar-refractivity contribution >= 4 is 11.7 Å². The molecule has 0 N–H and O–H groups in total. The van der Waals surface area contributed by atoms with Crippen LogP contribution in [0.2, 0.25) is 0 Å². The van der Waals surface area contributed by atoms with Crippen LogP contribution >= 0.6 is 0 Å². The van der Waals surface area contributed by atoms with E-state index in [9.17, 15) is 9.59 Å². The molecule has 0 aliphatic carbocycles. The lowest BCUT2D eigenvalue weighted by atomic mass is 10.1. The van der Waals surface area contributed by atoms with E-state index in [0.717, 1.165) is 5.69 Å². The SMILES string of the molecule is CC(=O)c1cnn2c1CCC2=O. The highest BCUT2D eigenvalue weighted by Crippen LogP contribution is 2.18. The molecule has 0 amide bonds. The standard InChI is InChI=1S/C8H8N2O2/c1-5(11)6-4-9-10-7(6)2-3-8(10)12/h4H,2-3H2,1H3. The maximum Gasteiger partial charge on any atom is 0.247 e. The van der Waals surface area contributed by atoms with Crippen LogP contribution in [0.25, 0.3) is 0 Å². The van der Waals surface area contributed by atoms with Crippen molar-refractivity contribution in [2.24, 2.45) is 0 Å². The topological polar surface area (TPSA) is 52.0 Å². The Bertz CT molecular complexity index is 365. The highest BCUT2D eigenvalue weighted by molar-refractivity contribution is 5.97. The van der Waals surface area contributed by atoms with Gasteiger partial charge in [-0.25, -0.2) is 4.68 Å².